The average Bonchev–Trinajstić information content (AvgIpc) is 3.21. The van der Waals surface area contributed by atoms with Crippen molar-refractivity contribution in [3.05, 3.63) is 82.7 Å². The molecule has 3 aromatic rings. The number of aromatic nitrogens is 1. The first-order chi connectivity index (χ1) is 14.1. The summed E-state index contributed by atoms with van der Waals surface area (Å²) in [6.07, 6.45) is 2.84. The molecule has 0 aliphatic rings. The zero-order chi connectivity index (χ0) is 20.6. The third-order valence-corrected chi connectivity index (χ3v) is 5.10. The van der Waals surface area contributed by atoms with E-state index < -0.39 is 5.97 Å². The lowest BCUT2D eigenvalue weighted by atomic mass is 10.2. The van der Waals surface area contributed by atoms with Crippen LogP contribution in [0.4, 0.5) is 5.13 Å². The number of thiazole rings is 1. The summed E-state index contributed by atoms with van der Waals surface area (Å²) in [6, 6.07) is 16.9. The molecule has 3 rings (SSSR count). The maximum Gasteiger partial charge on any atom is 0.330 e. The largest absolute Gasteiger partial charge is 0.452 e. The van der Waals surface area contributed by atoms with Crippen molar-refractivity contribution in [2.45, 2.75) is 13.5 Å². The average molecular weight is 427 g/mol. The van der Waals surface area contributed by atoms with Gasteiger partial charge in [0, 0.05) is 22.0 Å². The Morgan fingerprint density at radius 2 is 1.86 bits per heavy atom. The van der Waals surface area contributed by atoms with Gasteiger partial charge >= 0.3 is 5.97 Å². The van der Waals surface area contributed by atoms with E-state index in [1.807, 2.05) is 47.8 Å². The van der Waals surface area contributed by atoms with Gasteiger partial charge in [-0.1, -0.05) is 60.1 Å². The molecule has 0 unspecified atom stereocenters. The molecule has 0 aliphatic heterocycles. The molecule has 0 atom stereocenters. The predicted molar refractivity (Wildman–Crippen MR) is 116 cm³/mol. The highest BCUT2D eigenvalue weighted by atomic mass is 35.5. The van der Waals surface area contributed by atoms with Gasteiger partial charge in [0.25, 0.3) is 5.91 Å². The predicted octanol–water partition coefficient (Wildman–Crippen LogP) is 5.12. The van der Waals surface area contributed by atoms with Gasteiger partial charge in [0.15, 0.2) is 11.7 Å². The van der Waals surface area contributed by atoms with Crippen LogP contribution in [0.25, 0.3) is 11.3 Å². The molecule has 148 valence electrons. The number of amides is 1. The van der Waals surface area contributed by atoms with Crippen LogP contribution in [0, 0.1) is 0 Å². The molecule has 0 saturated carbocycles. The molecular formula is C22H19ClN2O3S. The summed E-state index contributed by atoms with van der Waals surface area (Å²) in [6.45, 7) is 1.68. The normalized spacial score (nSPS) is 10.8. The van der Waals surface area contributed by atoms with E-state index in [1.54, 1.807) is 25.1 Å². The van der Waals surface area contributed by atoms with Crippen molar-refractivity contribution < 1.29 is 14.3 Å². The molecule has 2 aromatic carbocycles. The lowest BCUT2D eigenvalue weighted by Gasteiger charge is -2.20. The number of hydrogen-bond acceptors (Lipinski definition) is 5. The van der Waals surface area contributed by atoms with Crippen LogP contribution >= 0.6 is 22.9 Å². The van der Waals surface area contributed by atoms with E-state index in [-0.39, 0.29) is 12.5 Å². The minimum atomic E-state index is -0.554. The number of carbonyl (C=O) groups is 2. The van der Waals surface area contributed by atoms with Gasteiger partial charge < -0.3 is 4.74 Å². The number of carbonyl (C=O) groups excluding carboxylic acids is 2. The van der Waals surface area contributed by atoms with Gasteiger partial charge in [-0.3, -0.25) is 9.69 Å². The summed E-state index contributed by atoms with van der Waals surface area (Å²) in [5.74, 6) is -0.898. The van der Waals surface area contributed by atoms with Gasteiger partial charge in [0.1, 0.15) is 0 Å². The molecule has 5 nitrogen and oxygen atoms in total. The molecule has 0 bridgehead atoms. The smallest absolute Gasteiger partial charge is 0.330 e. The van der Waals surface area contributed by atoms with Crippen LogP contribution in [-0.2, 0) is 20.9 Å². The fourth-order valence-electron chi connectivity index (χ4n) is 2.56. The summed E-state index contributed by atoms with van der Waals surface area (Å²) in [7, 11) is 0. The van der Waals surface area contributed by atoms with E-state index in [0.29, 0.717) is 16.7 Å². The van der Waals surface area contributed by atoms with Crippen molar-refractivity contribution in [1.29, 1.82) is 0 Å². The second-order valence-corrected chi connectivity index (χ2v) is 7.37. The van der Waals surface area contributed by atoms with Gasteiger partial charge in [-0.25, -0.2) is 9.78 Å². The number of benzene rings is 2. The lowest BCUT2D eigenvalue weighted by Crippen LogP contribution is -2.34. The van der Waals surface area contributed by atoms with Gasteiger partial charge in [0.05, 0.1) is 12.2 Å². The fourth-order valence-corrected chi connectivity index (χ4v) is 3.54. The van der Waals surface area contributed by atoms with Crippen LogP contribution in [0.5, 0.6) is 0 Å². The van der Waals surface area contributed by atoms with E-state index in [0.717, 1.165) is 16.8 Å². The minimum Gasteiger partial charge on any atom is -0.452 e. The highest BCUT2D eigenvalue weighted by molar-refractivity contribution is 7.14. The highest BCUT2D eigenvalue weighted by Gasteiger charge is 2.21. The molecule has 1 heterocycles. The van der Waals surface area contributed by atoms with E-state index in [9.17, 15) is 9.59 Å². The molecule has 0 spiro atoms. The number of rotatable bonds is 7. The van der Waals surface area contributed by atoms with Crippen molar-refractivity contribution in [1.82, 2.24) is 4.98 Å². The molecule has 0 fully saturated rings. The molecular weight excluding hydrogens is 408 g/mol. The van der Waals surface area contributed by atoms with E-state index in [1.165, 1.54) is 22.3 Å². The number of allylic oxidation sites excluding steroid dienone is 1. The van der Waals surface area contributed by atoms with E-state index in [2.05, 4.69) is 4.98 Å². The summed E-state index contributed by atoms with van der Waals surface area (Å²) in [5, 5.41) is 3.06. The first kappa shape index (κ1) is 20.8. The van der Waals surface area contributed by atoms with Crippen LogP contribution in [-0.4, -0.2) is 23.5 Å². The van der Waals surface area contributed by atoms with E-state index >= 15 is 0 Å². The Hall–Kier alpha value is -2.96. The van der Waals surface area contributed by atoms with Crippen molar-refractivity contribution in [3.63, 3.8) is 0 Å². The van der Waals surface area contributed by atoms with Gasteiger partial charge in [0.2, 0.25) is 0 Å². The van der Waals surface area contributed by atoms with Crippen molar-refractivity contribution in [3.8, 4) is 11.3 Å². The molecule has 0 radical (unpaired) electrons. The summed E-state index contributed by atoms with van der Waals surface area (Å²) in [5.41, 5.74) is 2.60. The quantitative estimate of drug-likeness (QED) is 0.389. The first-order valence-corrected chi connectivity index (χ1v) is 10.2. The number of hydrogen-bond donors (Lipinski definition) is 0. The molecule has 29 heavy (non-hydrogen) atoms. The Morgan fingerprint density at radius 1 is 1.14 bits per heavy atom. The van der Waals surface area contributed by atoms with Crippen molar-refractivity contribution >= 4 is 39.9 Å². The van der Waals surface area contributed by atoms with Crippen LogP contribution in [0.3, 0.4) is 0 Å². The molecule has 0 N–H and O–H groups in total. The SMILES string of the molecule is C/C=C/C(=O)OCC(=O)N(Cc1ccccc1)c1nc(-c2ccc(Cl)cc2)cs1. The van der Waals surface area contributed by atoms with Crippen LogP contribution in [0.2, 0.25) is 5.02 Å². The van der Waals surface area contributed by atoms with Gasteiger partial charge in [-0.05, 0) is 24.6 Å². The molecule has 0 aliphatic carbocycles. The van der Waals surface area contributed by atoms with Crippen molar-refractivity contribution in [2.24, 2.45) is 0 Å². The lowest BCUT2D eigenvalue weighted by molar-refractivity contribution is -0.143. The maximum absolute atomic E-state index is 12.8. The summed E-state index contributed by atoms with van der Waals surface area (Å²) < 4.78 is 5.03. The van der Waals surface area contributed by atoms with Gasteiger partial charge in [-0.2, -0.15) is 0 Å². The van der Waals surface area contributed by atoms with E-state index in [4.69, 9.17) is 16.3 Å². The number of nitrogens with zero attached hydrogens (tertiary/aromatic N) is 2. The maximum atomic E-state index is 12.8. The van der Waals surface area contributed by atoms with Crippen LogP contribution in [0.1, 0.15) is 12.5 Å². The molecule has 0 saturated heterocycles. The second kappa shape index (κ2) is 10.0. The Balaban J connectivity index is 1.83. The second-order valence-electron chi connectivity index (χ2n) is 6.10. The summed E-state index contributed by atoms with van der Waals surface area (Å²) >= 11 is 7.31. The fraction of sp³-hybridized carbons (Fsp3) is 0.136. The third-order valence-electron chi connectivity index (χ3n) is 3.99. The number of esters is 1. The number of halogens is 1. The Morgan fingerprint density at radius 3 is 2.55 bits per heavy atom. The zero-order valence-electron chi connectivity index (χ0n) is 15.7. The minimum absolute atomic E-state index is 0.328. The molecule has 1 aromatic heterocycles. The Bertz CT molecular complexity index is 1000. The first-order valence-electron chi connectivity index (χ1n) is 8.92. The topological polar surface area (TPSA) is 59.5 Å². The highest BCUT2D eigenvalue weighted by Crippen LogP contribution is 2.29. The zero-order valence-corrected chi connectivity index (χ0v) is 17.3. The third kappa shape index (κ3) is 5.76. The number of anilines is 1. The monoisotopic (exact) mass is 426 g/mol. The standard InChI is InChI=1S/C22H19ClN2O3S/c1-2-6-21(27)28-14-20(26)25(13-16-7-4-3-5-8-16)22-24-19(15-29-22)17-9-11-18(23)12-10-17/h2-12,15H,13-14H2,1H3/b6-2+. The van der Waals surface area contributed by atoms with Crippen LogP contribution < -0.4 is 4.90 Å². The van der Waals surface area contributed by atoms with Gasteiger partial charge in [-0.15, -0.1) is 11.3 Å². The van der Waals surface area contributed by atoms with Crippen LogP contribution in [0.15, 0.2) is 72.1 Å². The number of ether oxygens (including phenoxy) is 1. The molecule has 1 amide bonds. The Kier molecular flexibility index (Phi) is 7.16. The Labute approximate surface area is 178 Å². The summed E-state index contributed by atoms with van der Waals surface area (Å²) in [4.78, 5) is 30.5. The van der Waals surface area contributed by atoms with Crippen molar-refractivity contribution in [2.75, 3.05) is 11.5 Å². The molecule has 7 heteroatoms.